The number of carbonyl (C=O) groups is 2. The Morgan fingerprint density at radius 2 is 1.80 bits per heavy atom. The summed E-state index contributed by atoms with van der Waals surface area (Å²) in [5, 5.41) is 6.69. The molecular formula is C19H28F3N5O3. The number of alkyl halides is 3. The molecule has 2 saturated heterocycles. The first-order chi connectivity index (χ1) is 14.1. The Morgan fingerprint density at radius 3 is 2.40 bits per heavy atom. The highest BCUT2D eigenvalue weighted by Gasteiger charge is 2.34. The average molecular weight is 431 g/mol. The maximum atomic E-state index is 12.5. The van der Waals surface area contributed by atoms with E-state index in [2.05, 4.69) is 10.5 Å². The van der Waals surface area contributed by atoms with Gasteiger partial charge >= 0.3 is 12.2 Å². The van der Waals surface area contributed by atoms with Crippen molar-refractivity contribution >= 4 is 11.9 Å². The largest absolute Gasteiger partial charge is 0.401 e. The number of aromatic nitrogens is 1. The lowest BCUT2D eigenvalue weighted by Gasteiger charge is -2.35. The van der Waals surface area contributed by atoms with Crippen LogP contribution in [-0.2, 0) is 11.2 Å². The molecule has 0 spiro atoms. The van der Waals surface area contributed by atoms with Gasteiger partial charge in [0, 0.05) is 44.8 Å². The van der Waals surface area contributed by atoms with Gasteiger partial charge in [-0.3, -0.25) is 9.69 Å². The van der Waals surface area contributed by atoms with E-state index in [-0.39, 0.29) is 24.3 Å². The molecule has 2 fully saturated rings. The van der Waals surface area contributed by atoms with E-state index in [4.69, 9.17) is 4.52 Å². The van der Waals surface area contributed by atoms with Crippen molar-refractivity contribution < 1.29 is 27.3 Å². The van der Waals surface area contributed by atoms with E-state index >= 15 is 0 Å². The summed E-state index contributed by atoms with van der Waals surface area (Å²) in [6.45, 7) is 5.49. The molecule has 0 radical (unpaired) electrons. The molecule has 1 unspecified atom stereocenters. The third-order valence-corrected chi connectivity index (χ3v) is 5.74. The molecule has 1 N–H and O–H groups in total. The maximum Gasteiger partial charge on any atom is 0.401 e. The van der Waals surface area contributed by atoms with E-state index in [1.54, 1.807) is 23.6 Å². The Kier molecular flexibility index (Phi) is 6.89. The van der Waals surface area contributed by atoms with Gasteiger partial charge in [-0.2, -0.15) is 13.2 Å². The van der Waals surface area contributed by atoms with Crippen molar-refractivity contribution in [1.82, 2.24) is 25.2 Å². The molecule has 3 amide bonds. The van der Waals surface area contributed by atoms with E-state index in [1.165, 1.54) is 4.90 Å². The molecular weight excluding hydrogens is 403 g/mol. The number of carbonyl (C=O) groups excluding carboxylic acids is 2. The summed E-state index contributed by atoms with van der Waals surface area (Å²) >= 11 is 0. The molecule has 3 heterocycles. The fourth-order valence-corrected chi connectivity index (χ4v) is 4.00. The van der Waals surface area contributed by atoms with Crippen LogP contribution in [-0.4, -0.2) is 90.3 Å². The molecule has 2 aliphatic heterocycles. The van der Waals surface area contributed by atoms with Crippen LogP contribution in [0.5, 0.6) is 0 Å². The Morgan fingerprint density at radius 1 is 1.13 bits per heavy atom. The molecule has 0 aromatic carbocycles. The number of amides is 3. The van der Waals surface area contributed by atoms with Crippen LogP contribution in [0.4, 0.5) is 18.0 Å². The highest BCUT2D eigenvalue weighted by atomic mass is 19.4. The van der Waals surface area contributed by atoms with Gasteiger partial charge in [0.25, 0.3) is 0 Å². The molecule has 0 saturated carbocycles. The summed E-state index contributed by atoms with van der Waals surface area (Å²) in [6.07, 6.45) is -3.33. The number of rotatable bonds is 5. The first-order valence-electron chi connectivity index (χ1n) is 10.1. The predicted octanol–water partition coefficient (Wildman–Crippen LogP) is 1.57. The zero-order valence-corrected chi connectivity index (χ0v) is 17.3. The summed E-state index contributed by atoms with van der Waals surface area (Å²) in [5.74, 6) is 0.633. The van der Waals surface area contributed by atoms with Gasteiger partial charge in [0.1, 0.15) is 5.76 Å². The zero-order chi connectivity index (χ0) is 21.9. The van der Waals surface area contributed by atoms with Gasteiger partial charge in [0.05, 0.1) is 18.7 Å². The van der Waals surface area contributed by atoms with Gasteiger partial charge in [-0.1, -0.05) is 5.16 Å². The second-order valence-electron chi connectivity index (χ2n) is 8.04. The maximum absolute atomic E-state index is 12.5. The van der Waals surface area contributed by atoms with E-state index in [9.17, 15) is 22.8 Å². The number of halogens is 3. The zero-order valence-electron chi connectivity index (χ0n) is 17.3. The molecule has 0 aliphatic carbocycles. The van der Waals surface area contributed by atoms with E-state index < -0.39 is 12.7 Å². The molecule has 2 aliphatic rings. The van der Waals surface area contributed by atoms with Crippen molar-refractivity contribution in [2.24, 2.45) is 5.92 Å². The topological polar surface area (TPSA) is 81.9 Å². The van der Waals surface area contributed by atoms with Crippen molar-refractivity contribution in [1.29, 1.82) is 0 Å². The quantitative estimate of drug-likeness (QED) is 0.766. The minimum Gasteiger partial charge on any atom is -0.361 e. The number of aryl methyl sites for hydroxylation is 2. The highest BCUT2D eigenvalue weighted by molar-refractivity contribution is 5.80. The van der Waals surface area contributed by atoms with E-state index in [1.807, 2.05) is 0 Å². The monoisotopic (exact) mass is 431 g/mol. The molecule has 3 rings (SSSR count). The Hall–Kier alpha value is -2.30. The molecule has 168 valence electrons. The van der Waals surface area contributed by atoms with Crippen LogP contribution in [0.1, 0.15) is 23.4 Å². The standard InChI is InChI=1S/C19H28F3N5O3/c1-13-16(14(2)30-24-13)9-17(28)26-5-7-27(8-6-26)18(29)23-10-15-3-4-25(11-15)12-19(20,21)22/h15H,3-12H2,1-2H3,(H,23,29). The second-order valence-corrected chi connectivity index (χ2v) is 8.04. The summed E-state index contributed by atoms with van der Waals surface area (Å²) in [5.41, 5.74) is 1.51. The summed E-state index contributed by atoms with van der Waals surface area (Å²) in [4.78, 5) is 29.7. The third kappa shape index (κ3) is 5.87. The number of urea groups is 1. The normalized spacial score (nSPS) is 20.6. The average Bonchev–Trinajstić information content (AvgIpc) is 3.25. The minimum atomic E-state index is -4.19. The fraction of sp³-hybridized carbons (Fsp3) is 0.737. The van der Waals surface area contributed by atoms with Crippen molar-refractivity contribution in [3.8, 4) is 0 Å². The Labute approximate surface area is 173 Å². The van der Waals surface area contributed by atoms with Crippen LogP contribution < -0.4 is 5.32 Å². The van der Waals surface area contributed by atoms with Crippen LogP contribution in [0.2, 0.25) is 0 Å². The van der Waals surface area contributed by atoms with Crippen LogP contribution in [0.25, 0.3) is 0 Å². The number of nitrogens with zero attached hydrogens (tertiary/aromatic N) is 4. The van der Waals surface area contributed by atoms with E-state index in [0.717, 1.165) is 5.56 Å². The molecule has 11 heteroatoms. The summed E-state index contributed by atoms with van der Waals surface area (Å²) in [7, 11) is 0. The van der Waals surface area contributed by atoms with Crippen molar-refractivity contribution in [2.75, 3.05) is 52.4 Å². The lowest BCUT2D eigenvalue weighted by Crippen LogP contribution is -2.54. The van der Waals surface area contributed by atoms with E-state index in [0.29, 0.717) is 63.7 Å². The number of hydrogen-bond acceptors (Lipinski definition) is 5. The highest BCUT2D eigenvalue weighted by Crippen LogP contribution is 2.22. The molecule has 1 atom stereocenters. The summed E-state index contributed by atoms with van der Waals surface area (Å²) < 4.78 is 42.5. The van der Waals surface area contributed by atoms with Gasteiger partial charge in [-0.25, -0.2) is 4.79 Å². The second kappa shape index (κ2) is 9.23. The molecule has 30 heavy (non-hydrogen) atoms. The van der Waals surface area contributed by atoms with Gasteiger partial charge in [0.15, 0.2) is 0 Å². The molecule has 0 bridgehead atoms. The lowest BCUT2D eigenvalue weighted by atomic mass is 10.1. The van der Waals surface area contributed by atoms with Crippen LogP contribution >= 0.6 is 0 Å². The fourth-order valence-electron chi connectivity index (χ4n) is 4.00. The van der Waals surface area contributed by atoms with Crippen molar-refractivity contribution in [2.45, 2.75) is 32.9 Å². The van der Waals surface area contributed by atoms with Crippen LogP contribution in [0.15, 0.2) is 4.52 Å². The van der Waals surface area contributed by atoms with Crippen molar-refractivity contribution in [3.05, 3.63) is 17.0 Å². The van der Waals surface area contributed by atoms with Gasteiger partial charge in [-0.15, -0.1) is 0 Å². The van der Waals surface area contributed by atoms with Crippen LogP contribution in [0.3, 0.4) is 0 Å². The SMILES string of the molecule is Cc1noc(C)c1CC(=O)N1CCN(C(=O)NCC2CCN(CC(F)(F)F)C2)CC1. The van der Waals surface area contributed by atoms with Gasteiger partial charge in [-0.05, 0) is 32.7 Å². The first-order valence-corrected chi connectivity index (χ1v) is 10.1. The first kappa shape index (κ1) is 22.4. The predicted molar refractivity (Wildman–Crippen MR) is 102 cm³/mol. The molecule has 1 aromatic heterocycles. The summed E-state index contributed by atoms with van der Waals surface area (Å²) in [6, 6.07) is -0.234. The Bertz CT molecular complexity index is 740. The molecule has 1 aromatic rings. The molecule has 8 nitrogen and oxygen atoms in total. The smallest absolute Gasteiger partial charge is 0.361 e. The third-order valence-electron chi connectivity index (χ3n) is 5.74. The van der Waals surface area contributed by atoms with Gasteiger partial charge < -0.3 is 19.6 Å². The number of hydrogen-bond donors (Lipinski definition) is 1. The number of likely N-dealkylation sites (tertiary alicyclic amines) is 1. The minimum absolute atomic E-state index is 0.0224. The van der Waals surface area contributed by atoms with Crippen molar-refractivity contribution in [3.63, 3.8) is 0 Å². The Balaban J connectivity index is 1.38. The lowest BCUT2D eigenvalue weighted by molar-refractivity contribution is -0.143. The van der Waals surface area contributed by atoms with Gasteiger partial charge in [0.2, 0.25) is 5.91 Å². The van der Waals surface area contributed by atoms with Crippen LogP contribution in [0, 0.1) is 19.8 Å². The number of piperazine rings is 1. The number of nitrogens with one attached hydrogen (secondary N) is 1.